The van der Waals surface area contributed by atoms with Crippen molar-refractivity contribution in [1.82, 2.24) is 4.31 Å². The van der Waals surface area contributed by atoms with Crippen molar-refractivity contribution in [3.8, 4) is 0 Å². The summed E-state index contributed by atoms with van der Waals surface area (Å²) in [7, 11) is -3.88. The van der Waals surface area contributed by atoms with Gasteiger partial charge in [-0.1, -0.05) is 25.4 Å². The van der Waals surface area contributed by atoms with Crippen LogP contribution in [0.15, 0.2) is 17.0 Å². The van der Waals surface area contributed by atoms with E-state index in [4.69, 9.17) is 17.3 Å². The van der Waals surface area contributed by atoms with E-state index in [-0.39, 0.29) is 23.8 Å². The van der Waals surface area contributed by atoms with E-state index in [9.17, 15) is 12.8 Å². The van der Waals surface area contributed by atoms with Gasteiger partial charge in [0.25, 0.3) is 0 Å². The summed E-state index contributed by atoms with van der Waals surface area (Å²) in [5.74, 6) is -0.965. The average molecular weight is 281 g/mol. The summed E-state index contributed by atoms with van der Waals surface area (Å²) in [5.41, 5.74) is 5.59. The number of sulfonamides is 1. The topological polar surface area (TPSA) is 63.4 Å². The van der Waals surface area contributed by atoms with Crippen molar-refractivity contribution in [2.75, 3.05) is 18.8 Å². The number of hydrogen-bond acceptors (Lipinski definition) is 3. The molecule has 2 N–H and O–H groups in total. The second-order valence-electron chi connectivity index (χ2n) is 3.40. The van der Waals surface area contributed by atoms with Gasteiger partial charge < -0.3 is 5.73 Å². The Bertz CT molecular complexity index is 515. The highest BCUT2D eigenvalue weighted by Crippen LogP contribution is 2.27. The molecular formula is C10H14ClFN2O2S. The fraction of sp³-hybridized carbons (Fsp3) is 0.400. The quantitative estimate of drug-likeness (QED) is 0.859. The maximum absolute atomic E-state index is 13.7. The molecular weight excluding hydrogens is 267 g/mol. The molecule has 0 aromatic heterocycles. The van der Waals surface area contributed by atoms with E-state index in [0.29, 0.717) is 0 Å². The molecule has 0 fully saturated rings. The van der Waals surface area contributed by atoms with E-state index in [2.05, 4.69) is 0 Å². The van der Waals surface area contributed by atoms with Crippen LogP contribution in [0.1, 0.15) is 13.8 Å². The second-order valence-corrected chi connectivity index (χ2v) is 5.72. The lowest BCUT2D eigenvalue weighted by molar-refractivity contribution is 0.440. The highest BCUT2D eigenvalue weighted by molar-refractivity contribution is 7.89. The Morgan fingerprint density at radius 1 is 1.35 bits per heavy atom. The van der Waals surface area contributed by atoms with Crippen molar-refractivity contribution in [2.24, 2.45) is 0 Å². The van der Waals surface area contributed by atoms with Gasteiger partial charge in [-0.25, -0.2) is 12.8 Å². The predicted molar refractivity (Wildman–Crippen MR) is 65.9 cm³/mol. The van der Waals surface area contributed by atoms with Crippen molar-refractivity contribution in [3.05, 3.63) is 23.0 Å². The minimum atomic E-state index is -3.88. The molecule has 0 saturated heterocycles. The summed E-state index contributed by atoms with van der Waals surface area (Å²) in [5, 5.41) is -0.296. The van der Waals surface area contributed by atoms with Gasteiger partial charge >= 0.3 is 0 Å². The van der Waals surface area contributed by atoms with E-state index >= 15 is 0 Å². The van der Waals surface area contributed by atoms with Crippen LogP contribution >= 0.6 is 11.6 Å². The molecule has 0 spiro atoms. The van der Waals surface area contributed by atoms with E-state index in [1.807, 2.05) is 0 Å². The van der Waals surface area contributed by atoms with Crippen LogP contribution in [0.4, 0.5) is 10.1 Å². The SMILES string of the molecule is CCN(CC)S(=O)(=O)c1cc(N)cc(Cl)c1F. The monoisotopic (exact) mass is 280 g/mol. The molecule has 0 saturated carbocycles. The van der Waals surface area contributed by atoms with Crippen LogP contribution in [0.3, 0.4) is 0 Å². The summed E-state index contributed by atoms with van der Waals surface area (Å²) in [6, 6.07) is 2.26. The fourth-order valence-electron chi connectivity index (χ4n) is 1.47. The summed E-state index contributed by atoms with van der Waals surface area (Å²) in [4.78, 5) is -0.480. The number of anilines is 1. The number of nitrogens with zero attached hydrogens (tertiary/aromatic N) is 1. The summed E-state index contributed by atoms with van der Waals surface area (Å²) in [6.45, 7) is 3.86. The maximum Gasteiger partial charge on any atom is 0.246 e. The lowest BCUT2D eigenvalue weighted by Crippen LogP contribution is -2.31. The molecule has 0 bridgehead atoms. The van der Waals surface area contributed by atoms with Crippen LogP contribution < -0.4 is 5.73 Å². The standard InChI is InChI=1S/C10H14ClFN2O2S/c1-3-14(4-2)17(15,16)9-6-7(13)5-8(11)10(9)12/h5-6H,3-4,13H2,1-2H3. The molecule has 1 aromatic rings. The van der Waals surface area contributed by atoms with Crippen molar-refractivity contribution in [2.45, 2.75) is 18.7 Å². The average Bonchev–Trinajstić information content (AvgIpc) is 2.24. The van der Waals surface area contributed by atoms with Crippen LogP contribution in [0.25, 0.3) is 0 Å². The molecule has 0 aliphatic carbocycles. The minimum absolute atomic E-state index is 0.113. The first-order valence-electron chi connectivity index (χ1n) is 5.09. The van der Waals surface area contributed by atoms with Gasteiger partial charge in [0.2, 0.25) is 10.0 Å². The maximum atomic E-state index is 13.7. The van der Waals surface area contributed by atoms with Gasteiger partial charge in [-0.2, -0.15) is 4.31 Å². The molecule has 17 heavy (non-hydrogen) atoms. The largest absolute Gasteiger partial charge is 0.399 e. The van der Waals surface area contributed by atoms with Gasteiger partial charge in [-0.3, -0.25) is 0 Å². The third-order valence-corrected chi connectivity index (χ3v) is 4.66. The van der Waals surface area contributed by atoms with Gasteiger partial charge in [0.05, 0.1) is 5.02 Å². The summed E-state index contributed by atoms with van der Waals surface area (Å²) < 4.78 is 39.0. The van der Waals surface area contributed by atoms with Gasteiger partial charge in [0.1, 0.15) is 4.90 Å². The van der Waals surface area contributed by atoms with E-state index in [1.54, 1.807) is 13.8 Å². The summed E-state index contributed by atoms with van der Waals surface area (Å²) in [6.07, 6.45) is 0. The number of rotatable bonds is 4. The Hall–Kier alpha value is -0.850. The summed E-state index contributed by atoms with van der Waals surface area (Å²) >= 11 is 5.58. The number of benzene rings is 1. The van der Waals surface area contributed by atoms with Gasteiger partial charge in [-0.05, 0) is 12.1 Å². The molecule has 1 rings (SSSR count). The Kier molecular flexibility index (Phi) is 4.35. The molecule has 7 heteroatoms. The number of nitrogens with two attached hydrogens (primary N) is 1. The van der Waals surface area contributed by atoms with Crippen molar-refractivity contribution in [3.63, 3.8) is 0 Å². The Morgan fingerprint density at radius 2 is 1.88 bits per heavy atom. The van der Waals surface area contributed by atoms with E-state index < -0.39 is 20.7 Å². The van der Waals surface area contributed by atoms with Crippen LogP contribution in [0.2, 0.25) is 5.02 Å². The number of nitrogen functional groups attached to an aromatic ring is 1. The van der Waals surface area contributed by atoms with Crippen molar-refractivity contribution in [1.29, 1.82) is 0 Å². The molecule has 0 amide bonds. The van der Waals surface area contributed by atoms with Crippen LogP contribution in [-0.2, 0) is 10.0 Å². The van der Waals surface area contributed by atoms with E-state index in [1.165, 1.54) is 6.07 Å². The molecule has 0 aliphatic heterocycles. The Labute approximate surface area is 105 Å². The zero-order valence-electron chi connectivity index (χ0n) is 9.57. The fourth-order valence-corrected chi connectivity index (χ4v) is 3.34. The highest BCUT2D eigenvalue weighted by atomic mass is 35.5. The molecule has 96 valence electrons. The first-order chi connectivity index (χ1) is 7.84. The van der Waals surface area contributed by atoms with Gasteiger partial charge in [0, 0.05) is 18.8 Å². The lowest BCUT2D eigenvalue weighted by Gasteiger charge is -2.19. The smallest absolute Gasteiger partial charge is 0.246 e. The van der Waals surface area contributed by atoms with Crippen LogP contribution in [-0.4, -0.2) is 25.8 Å². The van der Waals surface area contributed by atoms with Crippen molar-refractivity contribution >= 4 is 27.3 Å². The molecule has 0 aliphatic rings. The number of halogens is 2. The predicted octanol–water partition coefficient (Wildman–Crippen LogP) is 2.09. The second kappa shape index (κ2) is 5.20. The Morgan fingerprint density at radius 3 is 2.35 bits per heavy atom. The molecule has 0 atom stereocenters. The van der Waals surface area contributed by atoms with Gasteiger partial charge in [0.15, 0.2) is 5.82 Å². The first kappa shape index (κ1) is 14.2. The molecule has 0 heterocycles. The normalized spacial score (nSPS) is 12.1. The van der Waals surface area contributed by atoms with Crippen LogP contribution in [0.5, 0.6) is 0 Å². The van der Waals surface area contributed by atoms with Crippen molar-refractivity contribution < 1.29 is 12.8 Å². The third-order valence-electron chi connectivity index (χ3n) is 2.34. The minimum Gasteiger partial charge on any atom is -0.399 e. The highest BCUT2D eigenvalue weighted by Gasteiger charge is 2.26. The lowest BCUT2D eigenvalue weighted by atomic mass is 10.3. The molecule has 1 aromatic carbocycles. The first-order valence-corrected chi connectivity index (χ1v) is 6.91. The molecule has 0 radical (unpaired) electrons. The zero-order valence-corrected chi connectivity index (χ0v) is 11.1. The van der Waals surface area contributed by atoms with Crippen LogP contribution in [0, 0.1) is 5.82 Å². The van der Waals surface area contributed by atoms with Gasteiger partial charge in [-0.15, -0.1) is 0 Å². The molecule has 0 unspecified atom stereocenters. The third kappa shape index (κ3) is 2.70. The van der Waals surface area contributed by atoms with E-state index in [0.717, 1.165) is 10.4 Å². The molecule has 4 nitrogen and oxygen atoms in total. The number of hydrogen-bond donors (Lipinski definition) is 1. The Balaban J connectivity index is 3.43. The zero-order chi connectivity index (χ0) is 13.2.